The van der Waals surface area contributed by atoms with Gasteiger partial charge in [-0.3, -0.25) is 4.18 Å². The fourth-order valence-electron chi connectivity index (χ4n) is 4.34. The average Bonchev–Trinajstić information content (AvgIpc) is 2.79. The molecule has 0 aromatic heterocycles. The Kier molecular flexibility index (Phi) is 17.0. The van der Waals surface area contributed by atoms with Gasteiger partial charge in [0.15, 0.2) is 0 Å². The van der Waals surface area contributed by atoms with Gasteiger partial charge < -0.3 is 2.85 Å². The predicted octanol–water partition coefficient (Wildman–Crippen LogP) is 8.43. The summed E-state index contributed by atoms with van der Waals surface area (Å²) < 4.78 is 32.0. The third-order valence-electron chi connectivity index (χ3n) is 6.25. The molecule has 0 amide bonds. The molecule has 2 aromatic carbocycles. The fraction of sp³-hybridized carbons (Fsp3) is 0.643. The summed E-state index contributed by atoms with van der Waals surface area (Å²) >= 11 is 0. The molecule has 0 aliphatic carbocycles. The van der Waals surface area contributed by atoms with Crippen LogP contribution in [0.15, 0.2) is 41.3 Å². The minimum atomic E-state index is -3.77. The quantitative estimate of drug-likeness (QED) is 0.117. The Hall–Kier alpha value is -0.130. The second kappa shape index (κ2) is 18.2. The molecular weight excluding hydrogens is 456 g/mol. The molecule has 5 heteroatoms. The Morgan fingerprint density at radius 2 is 1.24 bits per heavy atom. The Balaban J connectivity index is 0. The maximum Gasteiger partial charge on any atom is 2.00 e. The number of benzene rings is 2. The molecule has 0 aliphatic heterocycles. The molecule has 184 valence electrons. The van der Waals surface area contributed by atoms with Gasteiger partial charge in [-0.2, -0.15) is 8.42 Å². The van der Waals surface area contributed by atoms with Crippen LogP contribution >= 0.6 is 0 Å². The zero-order chi connectivity index (χ0) is 23.1. The maximum absolute atomic E-state index is 13.2. The van der Waals surface area contributed by atoms with Gasteiger partial charge in [-0.1, -0.05) is 127 Å². The van der Waals surface area contributed by atoms with Gasteiger partial charge in [0.2, 0.25) is 0 Å². The van der Waals surface area contributed by atoms with Crippen molar-refractivity contribution in [2.24, 2.45) is 0 Å². The van der Waals surface area contributed by atoms with Gasteiger partial charge >= 0.3 is 37.7 Å². The molecule has 0 saturated carbocycles. The van der Waals surface area contributed by atoms with Crippen molar-refractivity contribution < 1.29 is 15.5 Å². The number of rotatable bonds is 18. The molecule has 0 heterocycles. The number of hydrogen-bond acceptors (Lipinski definition) is 3. The van der Waals surface area contributed by atoms with E-state index in [9.17, 15) is 8.42 Å². The first kappa shape index (κ1) is 30.9. The first-order valence-electron chi connectivity index (χ1n) is 13.0. The molecule has 0 unspecified atom stereocenters. The number of fused-ring (bicyclic) bond motifs is 1. The third kappa shape index (κ3) is 11.4. The molecule has 2 rings (SSSR count). The Morgan fingerprint density at radius 3 is 1.88 bits per heavy atom. The number of aryl methyl sites for hydroxylation is 1. The van der Waals surface area contributed by atoms with Crippen molar-refractivity contribution in [1.82, 2.24) is 0 Å². The third-order valence-corrected chi connectivity index (χ3v) is 7.71. The Bertz CT molecular complexity index is 891. The second-order valence-electron chi connectivity index (χ2n) is 9.04. The van der Waals surface area contributed by atoms with Gasteiger partial charge in [0.05, 0.1) is 6.61 Å². The van der Waals surface area contributed by atoms with Crippen LogP contribution in [0.3, 0.4) is 0 Å². The molecule has 0 bridgehead atoms. The van der Waals surface area contributed by atoms with E-state index in [0.717, 1.165) is 54.9 Å². The van der Waals surface area contributed by atoms with Gasteiger partial charge in [-0.05, 0) is 30.2 Å². The number of unbranched alkanes of at least 4 members (excludes halogenated alkanes) is 12. The minimum absolute atomic E-state index is 0. The van der Waals surface area contributed by atoms with Crippen LogP contribution in [-0.4, -0.2) is 52.8 Å². The average molecular weight is 503 g/mol. The molecule has 2 aromatic rings. The number of hydrogen-bond donors (Lipinski definition) is 0. The zero-order valence-electron chi connectivity index (χ0n) is 23.1. The molecule has 33 heavy (non-hydrogen) atoms. The van der Waals surface area contributed by atoms with Crippen LogP contribution in [-0.2, 0) is 20.7 Å². The van der Waals surface area contributed by atoms with Crippen LogP contribution in [0.1, 0.15) is 112 Å². The summed E-state index contributed by atoms with van der Waals surface area (Å²) in [6, 6.07) is 11.8. The van der Waals surface area contributed by atoms with E-state index in [1.807, 2.05) is 36.4 Å². The monoisotopic (exact) mass is 502 g/mol. The van der Waals surface area contributed by atoms with Gasteiger partial charge in [-0.15, -0.1) is 0 Å². The van der Waals surface area contributed by atoms with Crippen LogP contribution in [0.5, 0.6) is 0 Å². The van der Waals surface area contributed by atoms with Crippen molar-refractivity contribution in [3.05, 3.63) is 42.0 Å². The topological polar surface area (TPSA) is 43.4 Å². The Labute approximate surface area is 236 Å². The van der Waals surface area contributed by atoms with E-state index in [0.29, 0.717) is 4.90 Å². The van der Waals surface area contributed by atoms with Crippen molar-refractivity contribution in [2.45, 2.75) is 115 Å². The summed E-state index contributed by atoms with van der Waals surface area (Å²) in [5, 5.41) is 1.74. The molecule has 0 atom stereocenters. The molecule has 0 spiro atoms. The van der Waals surface area contributed by atoms with E-state index in [1.54, 1.807) is 0 Å². The summed E-state index contributed by atoms with van der Waals surface area (Å²) in [5.74, 6) is 0. The first-order chi connectivity index (χ1) is 15.6. The van der Waals surface area contributed by atoms with Crippen molar-refractivity contribution in [2.75, 3.05) is 6.61 Å². The van der Waals surface area contributed by atoms with Crippen molar-refractivity contribution in [3.63, 3.8) is 0 Å². The largest absolute Gasteiger partial charge is 2.00 e. The molecular formula is C28H46CaO3S. The summed E-state index contributed by atoms with van der Waals surface area (Å²) in [6.07, 6.45) is 17.3. The van der Waals surface area contributed by atoms with Crippen molar-refractivity contribution in [3.8, 4) is 0 Å². The summed E-state index contributed by atoms with van der Waals surface area (Å²) in [4.78, 5) is 0.393. The van der Waals surface area contributed by atoms with Gasteiger partial charge in [0.25, 0.3) is 10.1 Å². The van der Waals surface area contributed by atoms with E-state index in [4.69, 9.17) is 4.18 Å². The molecule has 0 N–H and O–H groups in total. The van der Waals surface area contributed by atoms with Gasteiger partial charge in [0, 0.05) is 5.39 Å². The van der Waals surface area contributed by atoms with E-state index < -0.39 is 10.1 Å². The molecule has 0 aliphatic rings. The summed E-state index contributed by atoms with van der Waals surface area (Å²) in [7, 11) is -3.77. The van der Waals surface area contributed by atoms with Crippen molar-refractivity contribution in [1.29, 1.82) is 0 Å². The van der Waals surface area contributed by atoms with E-state index in [2.05, 4.69) is 13.8 Å². The summed E-state index contributed by atoms with van der Waals surface area (Å²) in [5.41, 5.74) is 0.900. The SMILES string of the molecule is CCCCCCCCCOS(=O)(=O)c1c(CCCCCCCCC)ccc2ccccc12.[Ca+2].[H-].[H-]. The Morgan fingerprint density at radius 1 is 0.697 bits per heavy atom. The van der Waals surface area contributed by atoms with Crippen LogP contribution in [0.2, 0.25) is 0 Å². The van der Waals surface area contributed by atoms with Crippen molar-refractivity contribution >= 4 is 58.6 Å². The van der Waals surface area contributed by atoms with Crippen LogP contribution in [0.25, 0.3) is 10.8 Å². The fourth-order valence-corrected chi connectivity index (χ4v) is 5.74. The zero-order valence-corrected chi connectivity index (χ0v) is 24.1. The van der Waals surface area contributed by atoms with Gasteiger partial charge in [-0.25, -0.2) is 0 Å². The van der Waals surface area contributed by atoms with Crippen LogP contribution in [0.4, 0.5) is 0 Å². The normalized spacial score (nSPS) is 11.6. The minimum Gasteiger partial charge on any atom is -1.00 e. The smallest absolute Gasteiger partial charge is 1.00 e. The van der Waals surface area contributed by atoms with Crippen LogP contribution in [0, 0.1) is 0 Å². The van der Waals surface area contributed by atoms with E-state index in [1.165, 1.54) is 57.8 Å². The first-order valence-corrected chi connectivity index (χ1v) is 14.4. The standard InChI is InChI=1S/C28H44O3S.Ca.2H/c1-3-5-7-9-11-13-15-20-26-23-22-25-19-16-17-21-27(25)28(26)32(29,30)31-24-18-14-12-10-8-6-4-2;;;/h16-17,19,21-23H,3-15,18,20,24H2,1-2H3;;;/q;+2;2*-1. The van der Waals surface area contributed by atoms with E-state index in [-0.39, 0.29) is 47.2 Å². The second-order valence-corrected chi connectivity index (χ2v) is 10.6. The molecule has 3 nitrogen and oxygen atoms in total. The van der Waals surface area contributed by atoms with E-state index >= 15 is 0 Å². The van der Waals surface area contributed by atoms with Gasteiger partial charge in [0.1, 0.15) is 4.90 Å². The molecule has 0 radical (unpaired) electrons. The summed E-state index contributed by atoms with van der Waals surface area (Å²) in [6.45, 7) is 4.72. The maximum atomic E-state index is 13.2. The van der Waals surface area contributed by atoms with Crippen LogP contribution < -0.4 is 0 Å². The predicted molar refractivity (Wildman–Crippen MR) is 145 cm³/mol. The molecule has 0 saturated heterocycles. The molecule has 0 fully saturated rings.